The van der Waals surface area contributed by atoms with Crippen LogP contribution in [-0.2, 0) is 10.8 Å². The van der Waals surface area contributed by atoms with Crippen molar-refractivity contribution >= 4 is 32.4 Å². The van der Waals surface area contributed by atoms with Gasteiger partial charge in [-0.15, -0.1) is 0 Å². The lowest BCUT2D eigenvalue weighted by atomic mass is 9.74. The summed E-state index contributed by atoms with van der Waals surface area (Å²) in [5, 5.41) is 6.93. The second kappa shape index (κ2) is 5.61. The van der Waals surface area contributed by atoms with E-state index in [1.54, 1.807) is 0 Å². The molecule has 3 aromatic carbocycles. The maximum Gasteiger partial charge on any atom is 0.0465 e. The Hall–Kier alpha value is -2.28. The molecule has 140 valence electrons. The van der Waals surface area contributed by atoms with Gasteiger partial charge in [-0.25, -0.2) is 0 Å². The molecular weight excluding hydrogens is 326 g/mol. The lowest BCUT2D eigenvalue weighted by Gasteiger charge is -2.30. The Morgan fingerprint density at radius 3 is 1.59 bits per heavy atom. The minimum absolute atomic E-state index is 0.0681. The van der Waals surface area contributed by atoms with Crippen LogP contribution in [0.1, 0.15) is 63.9 Å². The summed E-state index contributed by atoms with van der Waals surface area (Å²) in [4.78, 5) is 3.60. The Kier molecular flexibility index (Phi) is 3.76. The molecule has 1 nitrogen and oxygen atoms in total. The van der Waals surface area contributed by atoms with Gasteiger partial charge in [-0.05, 0) is 75.0 Å². The average Bonchev–Trinajstić information content (AvgIpc) is 2.82. The van der Waals surface area contributed by atoms with Gasteiger partial charge in [0.1, 0.15) is 0 Å². The van der Waals surface area contributed by atoms with Gasteiger partial charge in [-0.1, -0.05) is 65.8 Å². The lowest BCUT2D eigenvalue weighted by Crippen LogP contribution is -2.17. The van der Waals surface area contributed by atoms with Gasteiger partial charge in [-0.2, -0.15) is 0 Å². The highest BCUT2D eigenvalue weighted by Crippen LogP contribution is 2.45. The molecule has 0 aliphatic rings. The number of hydrogen-bond acceptors (Lipinski definition) is 0. The fraction of sp³-hybridized carbons (Fsp3) is 0.385. The van der Waals surface area contributed by atoms with E-state index in [0.29, 0.717) is 0 Å². The van der Waals surface area contributed by atoms with Crippen LogP contribution in [0.25, 0.3) is 32.4 Å². The van der Waals surface area contributed by atoms with Crippen LogP contribution in [-0.4, -0.2) is 4.98 Å². The highest BCUT2D eigenvalue weighted by atomic mass is 14.7. The minimum atomic E-state index is 0.0681. The molecule has 1 heteroatoms. The number of rotatable bonds is 0. The van der Waals surface area contributed by atoms with Crippen LogP contribution in [0.5, 0.6) is 0 Å². The molecule has 1 aromatic heterocycles. The van der Waals surface area contributed by atoms with E-state index in [4.69, 9.17) is 0 Å². The normalized spacial score (nSPS) is 13.2. The first kappa shape index (κ1) is 18.1. The predicted molar refractivity (Wildman–Crippen MR) is 120 cm³/mol. The molecule has 4 rings (SSSR count). The Bertz CT molecular complexity index is 1190. The van der Waals surface area contributed by atoms with Crippen molar-refractivity contribution in [3.05, 3.63) is 58.8 Å². The second-order valence-electron chi connectivity index (χ2n) is 10.1. The molecule has 0 radical (unpaired) electrons. The van der Waals surface area contributed by atoms with E-state index in [2.05, 4.69) is 96.8 Å². The van der Waals surface area contributed by atoms with Crippen molar-refractivity contribution in [3.63, 3.8) is 0 Å². The Morgan fingerprint density at radius 1 is 0.630 bits per heavy atom. The van der Waals surface area contributed by atoms with Crippen molar-refractivity contribution in [1.82, 2.24) is 4.98 Å². The van der Waals surface area contributed by atoms with Gasteiger partial charge in [0.05, 0.1) is 0 Å². The van der Waals surface area contributed by atoms with E-state index in [0.717, 1.165) is 0 Å². The third kappa shape index (κ3) is 2.67. The van der Waals surface area contributed by atoms with Gasteiger partial charge < -0.3 is 4.98 Å². The number of nitrogens with one attached hydrogen (secondary N) is 1. The van der Waals surface area contributed by atoms with E-state index in [-0.39, 0.29) is 10.8 Å². The maximum atomic E-state index is 3.60. The molecule has 1 N–H and O–H groups in total. The van der Waals surface area contributed by atoms with Gasteiger partial charge in [0.25, 0.3) is 0 Å². The van der Waals surface area contributed by atoms with E-state index < -0.39 is 0 Å². The number of aromatic nitrogens is 1. The third-order valence-electron chi connectivity index (χ3n) is 5.95. The summed E-state index contributed by atoms with van der Waals surface area (Å²) in [5.74, 6) is 0. The highest BCUT2D eigenvalue weighted by molar-refractivity contribution is 6.11. The van der Waals surface area contributed by atoms with Crippen molar-refractivity contribution in [2.45, 2.75) is 66.2 Å². The molecule has 27 heavy (non-hydrogen) atoms. The van der Waals surface area contributed by atoms with Crippen molar-refractivity contribution in [1.29, 1.82) is 0 Å². The maximum absolute atomic E-state index is 3.60. The first-order valence-corrected chi connectivity index (χ1v) is 9.98. The molecular formula is C26H31N. The predicted octanol–water partition coefficient (Wildman–Crippen LogP) is 7.69. The summed E-state index contributed by atoms with van der Waals surface area (Å²) >= 11 is 0. The SMILES string of the molecule is Cc1[nH]c2cc3c(C(C)(C)C)c4ccccc4c(C(C)(C)C)c3cc2c1C. The number of fused-ring (bicyclic) bond motifs is 3. The fourth-order valence-electron chi connectivity index (χ4n) is 4.75. The van der Waals surface area contributed by atoms with Crippen LogP contribution in [0.3, 0.4) is 0 Å². The summed E-state index contributed by atoms with van der Waals surface area (Å²) in [6.07, 6.45) is 0. The zero-order valence-corrected chi connectivity index (χ0v) is 18.0. The Morgan fingerprint density at radius 2 is 1.11 bits per heavy atom. The Labute approximate surface area is 162 Å². The van der Waals surface area contributed by atoms with Crippen LogP contribution in [0.15, 0.2) is 36.4 Å². The van der Waals surface area contributed by atoms with Crippen LogP contribution in [0.2, 0.25) is 0 Å². The molecule has 4 aromatic rings. The lowest BCUT2D eigenvalue weighted by molar-refractivity contribution is 0.593. The van der Waals surface area contributed by atoms with Crippen molar-refractivity contribution in [2.24, 2.45) is 0 Å². The third-order valence-corrected chi connectivity index (χ3v) is 5.95. The van der Waals surface area contributed by atoms with Crippen LogP contribution in [0, 0.1) is 13.8 Å². The summed E-state index contributed by atoms with van der Waals surface area (Å²) in [6, 6.07) is 13.8. The summed E-state index contributed by atoms with van der Waals surface area (Å²) in [5.41, 5.74) is 6.92. The zero-order valence-electron chi connectivity index (χ0n) is 18.0. The number of benzene rings is 3. The fourth-order valence-corrected chi connectivity index (χ4v) is 4.75. The molecule has 1 heterocycles. The van der Waals surface area contributed by atoms with Crippen molar-refractivity contribution in [3.8, 4) is 0 Å². The standard InChI is InChI=1S/C26H31N/c1-15-16(2)27-22-14-21-20(13-19(15)22)23(25(3,4)5)17-11-9-10-12-18(17)24(21)26(6,7)8/h9-14,27H,1-8H3. The minimum Gasteiger partial charge on any atom is -0.358 e. The quantitative estimate of drug-likeness (QED) is 0.310. The second-order valence-corrected chi connectivity index (χ2v) is 10.1. The van der Waals surface area contributed by atoms with Crippen LogP contribution in [0.4, 0.5) is 0 Å². The van der Waals surface area contributed by atoms with Gasteiger partial charge in [0, 0.05) is 16.6 Å². The molecule has 0 saturated carbocycles. The monoisotopic (exact) mass is 357 g/mol. The number of aromatic amines is 1. The largest absolute Gasteiger partial charge is 0.358 e. The van der Waals surface area contributed by atoms with Gasteiger partial charge in [-0.3, -0.25) is 0 Å². The molecule has 0 aliphatic heterocycles. The molecule has 0 saturated heterocycles. The molecule has 0 aliphatic carbocycles. The molecule has 0 bridgehead atoms. The highest BCUT2D eigenvalue weighted by Gasteiger charge is 2.27. The van der Waals surface area contributed by atoms with Crippen LogP contribution >= 0.6 is 0 Å². The topological polar surface area (TPSA) is 15.8 Å². The molecule has 0 atom stereocenters. The zero-order chi connectivity index (χ0) is 19.7. The van der Waals surface area contributed by atoms with E-state index in [1.165, 1.54) is 54.8 Å². The summed E-state index contributed by atoms with van der Waals surface area (Å²) in [7, 11) is 0. The van der Waals surface area contributed by atoms with Crippen molar-refractivity contribution in [2.75, 3.05) is 0 Å². The van der Waals surface area contributed by atoms with Gasteiger partial charge in [0.15, 0.2) is 0 Å². The molecule has 0 spiro atoms. The summed E-state index contributed by atoms with van der Waals surface area (Å²) < 4.78 is 0. The molecule has 0 amide bonds. The average molecular weight is 358 g/mol. The van der Waals surface area contributed by atoms with E-state index in [9.17, 15) is 0 Å². The Balaban J connectivity index is 2.37. The number of H-pyrrole nitrogens is 1. The van der Waals surface area contributed by atoms with Gasteiger partial charge >= 0.3 is 0 Å². The van der Waals surface area contributed by atoms with E-state index >= 15 is 0 Å². The van der Waals surface area contributed by atoms with E-state index in [1.807, 2.05) is 0 Å². The summed E-state index contributed by atoms with van der Waals surface area (Å²) in [6.45, 7) is 18.4. The number of aryl methyl sites for hydroxylation is 2. The molecule has 0 fully saturated rings. The first-order chi connectivity index (χ1) is 12.5. The van der Waals surface area contributed by atoms with Crippen LogP contribution < -0.4 is 0 Å². The van der Waals surface area contributed by atoms with Crippen molar-refractivity contribution < 1.29 is 0 Å². The molecule has 0 unspecified atom stereocenters. The smallest absolute Gasteiger partial charge is 0.0465 e. The van der Waals surface area contributed by atoms with Gasteiger partial charge in [0.2, 0.25) is 0 Å². The first-order valence-electron chi connectivity index (χ1n) is 9.98. The number of hydrogen-bond donors (Lipinski definition) is 1.